The molecule has 1 heterocycles. The number of amides is 3. The minimum atomic E-state index is -1.03. The van der Waals surface area contributed by atoms with E-state index in [0.717, 1.165) is 27.0 Å². The van der Waals surface area contributed by atoms with Gasteiger partial charge in [-0.05, 0) is 47.5 Å². The highest BCUT2D eigenvalue weighted by atomic mass is 16.5. The summed E-state index contributed by atoms with van der Waals surface area (Å²) in [6.07, 6.45) is 1.85. The highest BCUT2D eigenvalue weighted by Gasteiger charge is 2.31. The van der Waals surface area contributed by atoms with Crippen LogP contribution in [0.3, 0.4) is 0 Å². The summed E-state index contributed by atoms with van der Waals surface area (Å²) in [5.41, 5.74) is 0.822. The van der Waals surface area contributed by atoms with E-state index in [1.807, 2.05) is 36.4 Å². The van der Waals surface area contributed by atoms with Gasteiger partial charge in [-0.2, -0.15) is 0 Å². The van der Waals surface area contributed by atoms with Crippen molar-refractivity contribution in [3.05, 3.63) is 48.0 Å². The number of hydrogen-bond donors (Lipinski definition) is 1. The van der Waals surface area contributed by atoms with Crippen molar-refractivity contribution in [1.82, 2.24) is 10.2 Å². The van der Waals surface area contributed by atoms with Gasteiger partial charge in [0.05, 0.1) is 7.11 Å². The molecule has 0 spiro atoms. The summed E-state index contributed by atoms with van der Waals surface area (Å²) in [5.74, 6) is -0.406. The van der Waals surface area contributed by atoms with Gasteiger partial charge >= 0.3 is 12.0 Å². The molecule has 2 aromatic carbocycles. The number of fused-ring (bicyclic) bond motifs is 1. The molecule has 1 N–H and O–H groups in total. The number of hydrogen-bond acceptors (Lipinski definition) is 5. The lowest BCUT2D eigenvalue weighted by Crippen LogP contribution is -2.41. The summed E-state index contributed by atoms with van der Waals surface area (Å²) in [4.78, 5) is 36.6. The average Bonchev–Trinajstić information content (AvgIpc) is 3.10. The molecular formula is C20H20N2O5. The summed E-state index contributed by atoms with van der Waals surface area (Å²) in [6, 6.07) is 11.0. The molecule has 27 heavy (non-hydrogen) atoms. The zero-order valence-electron chi connectivity index (χ0n) is 15.1. The van der Waals surface area contributed by atoms with Crippen molar-refractivity contribution in [2.75, 3.05) is 20.2 Å². The number of carbonyl (C=O) groups excluding carboxylic acids is 3. The lowest BCUT2D eigenvalue weighted by Gasteiger charge is -2.17. The van der Waals surface area contributed by atoms with Gasteiger partial charge in [0.2, 0.25) is 0 Å². The Morgan fingerprint density at radius 1 is 1.19 bits per heavy atom. The second kappa shape index (κ2) is 7.90. The van der Waals surface area contributed by atoms with Crippen LogP contribution in [0, 0.1) is 0 Å². The molecule has 1 aliphatic rings. The summed E-state index contributed by atoms with van der Waals surface area (Å²) in [5, 5.41) is 4.57. The number of ether oxygens (including phenoxy) is 2. The Morgan fingerprint density at radius 2 is 1.93 bits per heavy atom. The maximum atomic E-state index is 12.1. The van der Waals surface area contributed by atoms with Crippen LogP contribution in [-0.2, 0) is 14.3 Å². The molecule has 1 atom stereocenters. The molecular weight excluding hydrogens is 348 g/mol. The van der Waals surface area contributed by atoms with Crippen molar-refractivity contribution in [2.45, 2.75) is 13.0 Å². The number of benzene rings is 2. The van der Waals surface area contributed by atoms with Crippen molar-refractivity contribution in [3.63, 3.8) is 0 Å². The van der Waals surface area contributed by atoms with Gasteiger partial charge in [-0.15, -0.1) is 0 Å². The largest absolute Gasteiger partial charge is 0.497 e. The Labute approximate surface area is 156 Å². The van der Waals surface area contributed by atoms with Crippen LogP contribution in [-0.4, -0.2) is 49.1 Å². The summed E-state index contributed by atoms with van der Waals surface area (Å²) in [6.45, 7) is 2.12. The first kappa shape index (κ1) is 18.4. The van der Waals surface area contributed by atoms with Gasteiger partial charge in [0.15, 0.2) is 6.10 Å². The minimum absolute atomic E-state index is 0.275. The van der Waals surface area contributed by atoms with Gasteiger partial charge < -0.3 is 14.8 Å². The van der Waals surface area contributed by atoms with Crippen LogP contribution >= 0.6 is 0 Å². The van der Waals surface area contributed by atoms with E-state index in [9.17, 15) is 14.4 Å². The van der Waals surface area contributed by atoms with Crippen molar-refractivity contribution in [2.24, 2.45) is 0 Å². The molecule has 1 fully saturated rings. The van der Waals surface area contributed by atoms with Gasteiger partial charge in [-0.1, -0.05) is 18.2 Å². The van der Waals surface area contributed by atoms with E-state index in [-0.39, 0.29) is 6.54 Å². The maximum absolute atomic E-state index is 12.1. The van der Waals surface area contributed by atoms with Crippen LogP contribution in [0.25, 0.3) is 16.8 Å². The van der Waals surface area contributed by atoms with Gasteiger partial charge in [-0.25, -0.2) is 9.59 Å². The number of nitrogens with zero attached hydrogens (tertiary/aromatic N) is 1. The van der Waals surface area contributed by atoms with Crippen molar-refractivity contribution in [1.29, 1.82) is 0 Å². The molecule has 1 aliphatic heterocycles. The molecule has 0 aromatic heterocycles. The standard InChI is InChI=1S/C20H20N2O5/c1-13(19(24)22-10-9-21-20(22)25)27-18(23)8-4-14-3-5-16-12-17(26-2)7-6-15(16)11-14/h3-8,11-13H,9-10H2,1-2H3,(H,21,25)/b8-4+/t13-/m0/s1. The Balaban J connectivity index is 1.63. The van der Waals surface area contributed by atoms with Gasteiger partial charge in [-0.3, -0.25) is 9.69 Å². The molecule has 3 rings (SSSR count). The van der Waals surface area contributed by atoms with Crippen LogP contribution in [0.5, 0.6) is 5.75 Å². The van der Waals surface area contributed by atoms with Crippen LogP contribution < -0.4 is 10.1 Å². The zero-order chi connectivity index (χ0) is 19.4. The van der Waals surface area contributed by atoms with Crippen molar-refractivity contribution in [3.8, 4) is 5.75 Å². The van der Waals surface area contributed by atoms with Gasteiger partial charge in [0.25, 0.3) is 5.91 Å². The Hall–Kier alpha value is -3.35. The molecule has 0 saturated carbocycles. The van der Waals surface area contributed by atoms with Crippen LogP contribution in [0.2, 0.25) is 0 Å². The van der Waals surface area contributed by atoms with E-state index >= 15 is 0 Å². The van der Waals surface area contributed by atoms with E-state index in [1.165, 1.54) is 13.0 Å². The number of esters is 1. The van der Waals surface area contributed by atoms with Crippen LogP contribution in [0.4, 0.5) is 4.79 Å². The predicted octanol–water partition coefficient (Wildman–Crippen LogP) is 2.35. The molecule has 2 aromatic rings. The third-order valence-electron chi connectivity index (χ3n) is 4.25. The molecule has 140 valence electrons. The molecule has 1 saturated heterocycles. The van der Waals surface area contributed by atoms with E-state index in [2.05, 4.69) is 5.32 Å². The monoisotopic (exact) mass is 368 g/mol. The van der Waals surface area contributed by atoms with E-state index in [1.54, 1.807) is 13.2 Å². The number of imide groups is 1. The van der Waals surface area contributed by atoms with Crippen LogP contribution in [0.15, 0.2) is 42.5 Å². The SMILES string of the molecule is COc1ccc2cc(/C=C/C(=O)O[C@@H](C)C(=O)N3CCNC3=O)ccc2c1. The fraction of sp³-hybridized carbons (Fsp3) is 0.250. The lowest BCUT2D eigenvalue weighted by molar-refractivity contribution is -0.153. The highest BCUT2D eigenvalue weighted by Crippen LogP contribution is 2.22. The smallest absolute Gasteiger partial charge is 0.331 e. The normalized spacial score (nSPS) is 15.0. The molecule has 0 bridgehead atoms. The third kappa shape index (κ3) is 4.25. The number of carbonyl (C=O) groups is 3. The summed E-state index contributed by atoms with van der Waals surface area (Å²) < 4.78 is 10.3. The molecule has 3 amide bonds. The molecule has 7 nitrogen and oxygen atoms in total. The number of nitrogens with one attached hydrogen (secondary N) is 1. The lowest BCUT2D eigenvalue weighted by atomic mass is 10.1. The number of methoxy groups -OCH3 is 1. The average molecular weight is 368 g/mol. The molecule has 0 radical (unpaired) electrons. The molecule has 0 aliphatic carbocycles. The minimum Gasteiger partial charge on any atom is -0.497 e. The molecule has 7 heteroatoms. The van der Waals surface area contributed by atoms with Crippen molar-refractivity contribution < 1.29 is 23.9 Å². The first-order valence-corrected chi connectivity index (χ1v) is 8.53. The van der Waals surface area contributed by atoms with E-state index < -0.39 is 24.0 Å². The third-order valence-corrected chi connectivity index (χ3v) is 4.25. The van der Waals surface area contributed by atoms with E-state index in [4.69, 9.17) is 9.47 Å². The topological polar surface area (TPSA) is 84.9 Å². The van der Waals surface area contributed by atoms with E-state index in [0.29, 0.717) is 6.54 Å². The predicted molar refractivity (Wildman–Crippen MR) is 100 cm³/mol. The maximum Gasteiger partial charge on any atom is 0.331 e. The number of rotatable bonds is 5. The Bertz CT molecular complexity index is 922. The summed E-state index contributed by atoms with van der Waals surface area (Å²) in [7, 11) is 1.62. The number of urea groups is 1. The Kier molecular flexibility index (Phi) is 5.40. The first-order chi connectivity index (χ1) is 13.0. The first-order valence-electron chi connectivity index (χ1n) is 8.53. The van der Waals surface area contributed by atoms with Gasteiger partial charge in [0.1, 0.15) is 5.75 Å². The summed E-state index contributed by atoms with van der Waals surface area (Å²) >= 11 is 0. The van der Waals surface area contributed by atoms with Crippen molar-refractivity contribution >= 4 is 34.8 Å². The van der Waals surface area contributed by atoms with Crippen LogP contribution in [0.1, 0.15) is 12.5 Å². The van der Waals surface area contributed by atoms with Gasteiger partial charge in [0, 0.05) is 19.2 Å². The molecule has 0 unspecified atom stereocenters. The quantitative estimate of drug-likeness (QED) is 0.647. The zero-order valence-corrected chi connectivity index (χ0v) is 15.1. The highest BCUT2D eigenvalue weighted by molar-refractivity contribution is 5.99. The second-order valence-electron chi connectivity index (χ2n) is 6.11. The Morgan fingerprint density at radius 3 is 2.63 bits per heavy atom. The fourth-order valence-corrected chi connectivity index (χ4v) is 2.80. The second-order valence-corrected chi connectivity index (χ2v) is 6.11. The fourth-order valence-electron chi connectivity index (χ4n) is 2.80.